The molecule has 2 aromatic rings. The number of hydrogen-bond donors (Lipinski definition) is 1. The van der Waals surface area contributed by atoms with Gasteiger partial charge in [-0.1, -0.05) is 36.4 Å². The molecule has 6 nitrogen and oxygen atoms in total. The van der Waals surface area contributed by atoms with Gasteiger partial charge >= 0.3 is 0 Å². The molecule has 6 heteroatoms. The number of anilines is 1. The number of ether oxygens (including phenoxy) is 2. The Hall–Kier alpha value is -2.57. The van der Waals surface area contributed by atoms with Gasteiger partial charge in [-0.3, -0.25) is 9.69 Å². The average Bonchev–Trinajstić information content (AvgIpc) is 2.78. The number of para-hydroxylation sites is 2. The molecule has 29 heavy (non-hydrogen) atoms. The van der Waals surface area contributed by atoms with Gasteiger partial charge in [0.2, 0.25) is 5.91 Å². The van der Waals surface area contributed by atoms with Crippen LogP contribution in [0.5, 0.6) is 5.75 Å². The van der Waals surface area contributed by atoms with Gasteiger partial charge in [0.25, 0.3) is 0 Å². The first-order valence-corrected chi connectivity index (χ1v) is 10.3. The van der Waals surface area contributed by atoms with Gasteiger partial charge in [-0.2, -0.15) is 0 Å². The van der Waals surface area contributed by atoms with E-state index < -0.39 is 0 Å². The second kappa shape index (κ2) is 11.4. The fraction of sp³-hybridized carbons (Fsp3) is 0.435. The highest BCUT2D eigenvalue weighted by Gasteiger charge is 2.21. The van der Waals surface area contributed by atoms with Crippen molar-refractivity contribution >= 4 is 11.6 Å². The third-order valence-electron chi connectivity index (χ3n) is 5.13. The molecule has 1 aliphatic heterocycles. The molecule has 1 atom stereocenters. The molecule has 1 fully saturated rings. The van der Waals surface area contributed by atoms with Crippen LogP contribution in [0, 0.1) is 0 Å². The summed E-state index contributed by atoms with van der Waals surface area (Å²) < 4.78 is 10.9. The molecule has 0 aliphatic carbocycles. The van der Waals surface area contributed by atoms with Crippen molar-refractivity contribution in [3.8, 4) is 5.75 Å². The summed E-state index contributed by atoms with van der Waals surface area (Å²) in [6.07, 6.45) is 0. The fourth-order valence-corrected chi connectivity index (χ4v) is 3.40. The van der Waals surface area contributed by atoms with Crippen molar-refractivity contribution in [2.24, 2.45) is 0 Å². The minimum atomic E-state index is -0.0838. The molecule has 0 bridgehead atoms. The molecule has 1 heterocycles. The van der Waals surface area contributed by atoms with Gasteiger partial charge in [-0.15, -0.1) is 0 Å². The molecule has 1 aliphatic rings. The number of piperazine rings is 1. The maximum atomic E-state index is 12.0. The highest BCUT2D eigenvalue weighted by atomic mass is 16.5. The number of rotatable bonds is 10. The van der Waals surface area contributed by atoms with Crippen LogP contribution in [0.25, 0.3) is 0 Å². The summed E-state index contributed by atoms with van der Waals surface area (Å²) in [4.78, 5) is 16.8. The van der Waals surface area contributed by atoms with Gasteiger partial charge < -0.3 is 19.7 Å². The lowest BCUT2D eigenvalue weighted by Crippen LogP contribution is -2.52. The predicted octanol–water partition coefficient (Wildman–Crippen LogP) is 2.41. The summed E-state index contributed by atoms with van der Waals surface area (Å²) in [5.41, 5.74) is 1.28. The predicted molar refractivity (Wildman–Crippen MR) is 115 cm³/mol. The normalized spacial score (nSPS) is 15.7. The number of hydrogen-bond acceptors (Lipinski definition) is 5. The SMILES string of the molecule is CC(CNC(=O)COCCOc1ccccc1)N1CCN(c2ccccc2)CC1. The van der Waals surface area contributed by atoms with Crippen LogP contribution in [-0.2, 0) is 9.53 Å². The summed E-state index contributed by atoms with van der Waals surface area (Å²) in [6, 6.07) is 20.4. The molecule has 1 amide bonds. The van der Waals surface area contributed by atoms with Gasteiger partial charge in [0.05, 0.1) is 6.61 Å². The smallest absolute Gasteiger partial charge is 0.246 e. The monoisotopic (exact) mass is 397 g/mol. The molecule has 0 radical (unpaired) electrons. The quantitative estimate of drug-likeness (QED) is 0.624. The van der Waals surface area contributed by atoms with Crippen LogP contribution >= 0.6 is 0 Å². The Morgan fingerprint density at radius 1 is 0.966 bits per heavy atom. The zero-order valence-electron chi connectivity index (χ0n) is 17.1. The van der Waals surface area contributed by atoms with Crippen LogP contribution in [-0.4, -0.2) is 69.4 Å². The van der Waals surface area contributed by atoms with Gasteiger partial charge in [0.1, 0.15) is 19.0 Å². The minimum absolute atomic E-state index is 0.0622. The summed E-state index contributed by atoms with van der Waals surface area (Å²) in [6.45, 7) is 7.69. The summed E-state index contributed by atoms with van der Waals surface area (Å²) in [7, 11) is 0. The van der Waals surface area contributed by atoms with E-state index in [4.69, 9.17) is 9.47 Å². The van der Waals surface area contributed by atoms with Crippen LogP contribution in [0.4, 0.5) is 5.69 Å². The highest BCUT2D eigenvalue weighted by molar-refractivity contribution is 5.77. The zero-order valence-corrected chi connectivity index (χ0v) is 17.1. The maximum absolute atomic E-state index is 12.0. The summed E-state index contributed by atoms with van der Waals surface area (Å²) >= 11 is 0. The second-order valence-corrected chi connectivity index (χ2v) is 7.23. The lowest BCUT2D eigenvalue weighted by Gasteiger charge is -2.39. The van der Waals surface area contributed by atoms with Crippen molar-refractivity contribution in [2.75, 3.05) is 57.4 Å². The number of nitrogens with zero attached hydrogens (tertiary/aromatic N) is 2. The van der Waals surface area contributed by atoms with Crippen molar-refractivity contribution in [1.82, 2.24) is 10.2 Å². The van der Waals surface area contributed by atoms with Gasteiger partial charge in [-0.05, 0) is 31.2 Å². The lowest BCUT2D eigenvalue weighted by atomic mass is 10.2. The number of carbonyl (C=O) groups is 1. The number of nitrogens with one attached hydrogen (secondary N) is 1. The molecule has 1 N–H and O–H groups in total. The maximum Gasteiger partial charge on any atom is 0.246 e. The van der Waals surface area contributed by atoms with Crippen molar-refractivity contribution in [1.29, 1.82) is 0 Å². The van der Waals surface area contributed by atoms with E-state index in [9.17, 15) is 4.79 Å². The van der Waals surface area contributed by atoms with E-state index in [1.807, 2.05) is 36.4 Å². The molecule has 1 unspecified atom stereocenters. The average molecular weight is 398 g/mol. The molecule has 2 aromatic carbocycles. The number of amides is 1. The molecular formula is C23H31N3O3. The van der Waals surface area contributed by atoms with Crippen LogP contribution in [0.3, 0.4) is 0 Å². The third kappa shape index (κ3) is 7.07. The fourth-order valence-electron chi connectivity index (χ4n) is 3.40. The minimum Gasteiger partial charge on any atom is -0.491 e. The van der Waals surface area contributed by atoms with Crippen molar-refractivity contribution in [3.63, 3.8) is 0 Å². The van der Waals surface area contributed by atoms with E-state index in [0.29, 0.717) is 25.8 Å². The Bertz CT molecular complexity index is 719. The summed E-state index contributed by atoms with van der Waals surface area (Å²) in [5.74, 6) is 0.723. The summed E-state index contributed by atoms with van der Waals surface area (Å²) in [5, 5.41) is 2.97. The molecule has 0 saturated carbocycles. The van der Waals surface area contributed by atoms with Crippen LogP contribution in [0.15, 0.2) is 60.7 Å². The highest BCUT2D eigenvalue weighted by Crippen LogP contribution is 2.16. The van der Waals surface area contributed by atoms with E-state index in [1.165, 1.54) is 5.69 Å². The first kappa shape index (κ1) is 21.1. The van der Waals surface area contributed by atoms with Crippen molar-refractivity contribution in [3.05, 3.63) is 60.7 Å². The number of benzene rings is 2. The first-order valence-electron chi connectivity index (χ1n) is 10.3. The molecule has 3 rings (SSSR count). The van der Waals surface area contributed by atoms with Crippen LogP contribution in [0.2, 0.25) is 0 Å². The van der Waals surface area contributed by atoms with E-state index in [1.54, 1.807) is 0 Å². The molecular weight excluding hydrogens is 366 g/mol. The molecule has 0 aromatic heterocycles. The van der Waals surface area contributed by atoms with E-state index in [2.05, 4.69) is 46.3 Å². The van der Waals surface area contributed by atoms with Gasteiger partial charge in [0.15, 0.2) is 0 Å². The van der Waals surface area contributed by atoms with Crippen LogP contribution in [0.1, 0.15) is 6.92 Å². The van der Waals surface area contributed by atoms with E-state index >= 15 is 0 Å². The first-order chi connectivity index (χ1) is 14.2. The largest absolute Gasteiger partial charge is 0.491 e. The van der Waals surface area contributed by atoms with E-state index in [-0.39, 0.29) is 12.5 Å². The second-order valence-electron chi connectivity index (χ2n) is 7.23. The topological polar surface area (TPSA) is 54.0 Å². The van der Waals surface area contributed by atoms with Crippen LogP contribution < -0.4 is 15.0 Å². The van der Waals surface area contributed by atoms with Crippen molar-refractivity contribution in [2.45, 2.75) is 13.0 Å². The molecule has 1 saturated heterocycles. The Morgan fingerprint density at radius 2 is 1.62 bits per heavy atom. The van der Waals surface area contributed by atoms with E-state index in [0.717, 1.165) is 31.9 Å². The Morgan fingerprint density at radius 3 is 2.31 bits per heavy atom. The molecule has 156 valence electrons. The van der Waals surface area contributed by atoms with Gasteiger partial charge in [0, 0.05) is 44.5 Å². The Labute approximate surface area is 173 Å². The third-order valence-corrected chi connectivity index (χ3v) is 5.13. The standard InChI is InChI=1S/C23H31N3O3/c1-20(25-12-14-26(15-13-25)21-8-4-2-5-9-21)18-24-23(27)19-28-16-17-29-22-10-6-3-7-11-22/h2-11,20H,12-19H2,1H3,(H,24,27). The van der Waals surface area contributed by atoms with Gasteiger partial charge in [-0.25, -0.2) is 0 Å². The molecule has 0 spiro atoms. The zero-order chi connectivity index (χ0) is 20.3. The Kier molecular flexibility index (Phi) is 8.34. The lowest BCUT2D eigenvalue weighted by molar-refractivity contribution is -0.126. The Balaban J connectivity index is 1.25. The number of carbonyl (C=O) groups excluding carboxylic acids is 1. The van der Waals surface area contributed by atoms with Crippen molar-refractivity contribution < 1.29 is 14.3 Å².